The second kappa shape index (κ2) is 5.10. The third-order valence-electron chi connectivity index (χ3n) is 2.47. The van der Waals surface area contributed by atoms with Crippen LogP contribution in [-0.4, -0.2) is 19.5 Å². The van der Waals surface area contributed by atoms with Gasteiger partial charge in [0.05, 0.1) is 32.3 Å². The van der Waals surface area contributed by atoms with Crippen molar-refractivity contribution < 1.29 is 22.7 Å². The standard InChI is InChI=1S/C11H7Cl2NO5S/c12-5-4-7(20(14,17)18)8(6-2-1-3-19-6)9(10(5)13)11(15)16/h1-4H,(H,15,16)(H2,14,17,18). The van der Waals surface area contributed by atoms with Crippen molar-refractivity contribution in [1.29, 1.82) is 0 Å². The maximum atomic E-state index is 11.6. The smallest absolute Gasteiger partial charge is 0.338 e. The normalized spacial score (nSPS) is 11.6. The van der Waals surface area contributed by atoms with Gasteiger partial charge >= 0.3 is 5.97 Å². The third kappa shape index (κ3) is 2.53. The van der Waals surface area contributed by atoms with Crippen LogP contribution >= 0.6 is 23.2 Å². The molecule has 20 heavy (non-hydrogen) atoms. The van der Waals surface area contributed by atoms with Crippen molar-refractivity contribution in [3.8, 4) is 11.3 Å². The molecule has 0 aliphatic carbocycles. The van der Waals surface area contributed by atoms with Crippen LogP contribution in [0.3, 0.4) is 0 Å². The maximum Gasteiger partial charge on any atom is 0.338 e. The summed E-state index contributed by atoms with van der Waals surface area (Å²) in [5, 5.41) is 13.8. The van der Waals surface area contributed by atoms with Crippen molar-refractivity contribution in [2.24, 2.45) is 5.14 Å². The van der Waals surface area contributed by atoms with Gasteiger partial charge in [0.25, 0.3) is 0 Å². The number of furan rings is 1. The van der Waals surface area contributed by atoms with Crippen molar-refractivity contribution in [2.45, 2.75) is 4.90 Å². The lowest BCUT2D eigenvalue weighted by Crippen LogP contribution is -2.16. The maximum absolute atomic E-state index is 11.6. The summed E-state index contributed by atoms with van der Waals surface area (Å²) in [5.74, 6) is -1.45. The fourth-order valence-electron chi connectivity index (χ4n) is 1.69. The number of nitrogens with two attached hydrogens (primary N) is 1. The molecule has 2 rings (SSSR count). The van der Waals surface area contributed by atoms with Crippen molar-refractivity contribution in [1.82, 2.24) is 0 Å². The molecule has 1 aromatic carbocycles. The lowest BCUT2D eigenvalue weighted by Gasteiger charge is -2.12. The minimum Gasteiger partial charge on any atom is -0.478 e. The molecule has 0 saturated carbocycles. The van der Waals surface area contributed by atoms with Gasteiger partial charge in [0, 0.05) is 0 Å². The molecule has 0 aliphatic heterocycles. The van der Waals surface area contributed by atoms with E-state index in [9.17, 15) is 18.3 Å². The highest BCUT2D eigenvalue weighted by Gasteiger charge is 2.28. The Labute approximate surface area is 123 Å². The van der Waals surface area contributed by atoms with E-state index in [0.29, 0.717) is 0 Å². The molecule has 6 nitrogen and oxygen atoms in total. The number of primary sulfonamides is 1. The fourth-order valence-corrected chi connectivity index (χ4v) is 2.96. The minimum absolute atomic E-state index is 0.00462. The highest BCUT2D eigenvalue weighted by molar-refractivity contribution is 7.89. The number of carboxylic acids is 1. The van der Waals surface area contributed by atoms with Gasteiger partial charge in [-0.25, -0.2) is 18.4 Å². The summed E-state index contributed by atoms with van der Waals surface area (Å²) in [6.07, 6.45) is 1.26. The predicted molar refractivity (Wildman–Crippen MR) is 72.5 cm³/mol. The monoisotopic (exact) mass is 335 g/mol. The number of carbonyl (C=O) groups is 1. The number of aromatic carboxylic acids is 1. The number of rotatable bonds is 3. The van der Waals surface area contributed by atoms with E-state index in [1.165, 1.54) is 18.4 Å². The number of benzene rings is 1. The SMILES string of the molecule is NS(=O)(=O)c1cc(Cl)c(Cl)c(C(=O)O)c1-c1ccco1. The van der Waals surface area contributed by atoms with E-state index < -0.39 is 26.5 Å². The van der Waals surface area contributed by atoms with Gasteiger partial charge in [-0.05, 0) is 18.2 Å². The molecule has 0 radical (unpaired) electrons. The average Bonchev–Trinajstić information content (AvgIpc) is 2.83. The van der Waals surface area contributed by atoms with Crippen LogP contribution in [0.15, 0.2) is 33.8 Å². The number of hydrogen-bond donors (Lipinski definition) is 2. The zero-order valence-corrected chi connectivity index (χ0v) is 12.0. The Bertz CT molecular complexity index is 784. The molecule has 0 saturated heterocycles. The summed E-state index contributed by atoms with van der Waals surface area (Å²) in [6, 6.07) is 3.85. The number of hydrogen-bond acceptors (Lipinski definition) is 4. The lowest BCUT2D eigenvalue weighted by molar-refractivity contribution is 0.0697. The van der Waals surface area contributed by atoms with Gasteiger partial charge in [-0.1, -0.05) is 23.2 Å². The Morgan fingerprint density at radius 1 is 1.35 bits per heavy atom. The molecule has 2 aromatic rings. The summed E-state index contributed by atoms with van der Waals surface area (Å²) in [5.41, 5.74) is -0.724. The Morgan fingerprint density at radius 3 is 2.45 bits per heavy atom. The van der Waals surface area contributed by atoms with E-state index in [4.69, 9.17) is 32.8 Å². The molecular formula is C11H7Cl2NO5S. The third-order valence-corrected chi connectivity index (χ3v) is 4.19. The zero-order chi connectivity index (χ0) is 15.1. The van der Waals surface area contributed by atoms with E-state index in [-0.39, 0.29) is 21.4 Å². The first-order chi connectivity index (χ1) is 9.23. The quantitative estimate of drug-likeness (QED) is 0.895. The van der Waals surface area contributed by atoms with Crippen molar-refractivity contribution >= 4 is 39.2 Å². The minimum atomic E-state index is -4.22. The second-order valence-corrected chi connectivity index (χ2v) is 6.06. The van der Waals surface area contributed by atoms with Gasteiger partial charge < -0.3 is 9.52 Å². The summed E-state index contributed by atoms with van der Waals surface area (Å²) in [7, 11) is -4.22. The van der Waals surface area contributed by atoms with E-state index in [2.05, 4.69) is 0 Å². The fraction of sp³-hybridized carbons (Fsp3) is 0. The number of carboxylic acid groups (broad SMARTS) is 1. The van der Waals surface area contributed by atoms with Crippen LogP contribution < -0.4 is 5.14 Å². The largest absolute Gasteiger partial charge is 0.478 e. The van der Waals surface area contributed by atoms with E-state index in [0.717, 1.165) is 6.07 Å². The topological polar surface area (TPSA) is 111 Å². The lowest BCUT2D eigenvalue weighted by atomic mass is 10.1. The Kier molecular flexibility index (Phi) is 3.79. The Morgan fingerprint density at radius 2 is 2.00 bits per heavy atom. The molecule has 0 aliphatic rings. The van der Waals surface area contributed by atoms with Crippen molar-refractivity contribution in [2.75, 3.05) is 0 Å². The molecule has 0 unspecified atom stereocenters. The Hall–Kier alpha value is -1.54. The first-order valence-electron chi connectivity index (χ1n) is 5.05. The molecule has 0 spiro atoms. The Balaban J connectivity index is 3.00. The van der Waals surface area contributed by atoms with Crippen LogP contribution in [0, 0.1) is 0 Å². The van der Waals surface area contributed by atoms with Gasteiger partial charge in [0.15, 0.2) is 0 Å². The first-order valence-corrected chi connectivity index (χ1v) is 7.35. The highest BCUT2D eigenvalue weighted by atomic mass is 35.5. The van der Waals surface area contributed by atoms with Crippen LogP contribution in [0.25, 0.3) is 11.3 Å². The number of halogens is 2. The molecule has 0 atom stereocenters. The molecule has 0 fully saturated rings. The first kappa shape index (κ1) is 14.9. The van der Waals surface area contributed by atoms with Crippen LogP contribution in [0.4, 0.5) is 0 Å². The van der Waals surface area contributed by atoms with Gasteiger partial charge in [0.1, 0.15) is 5.76 Å². The molecule has 0 bridgehead atoms. The van der Waals surface area contributed by atoms with E-state index in [1.54, 1.807) is 0 Å². The zero-order valence-electron chi connectivity index (χ0n) is 9.63. The molecular weight excluding hydrogens is 329 g/mol. The molecule has 3 N–H and O–H groups in total. The van der Waals surface area contributed by atoms with Crippen LogP contribution in [0.2, 0.25) is 10.0 Å². The molecule has 9 heteroatoms. The predicted octanol–water partition coefficient (Wildman–Crippen LogP) is 2.60. The highest BCUT2D eigenvalue weighted by Crippen LogP contribution is 2.39. The molecule has 1 aromatic heterocycles. The second-order valence-electron chi connectivity index (χ2n) is 3.75. The number of sulfonamides is 1. The van der Waals surface area contributed by atoms with Crippen molar-refractivity contribution in [3.63, 3.8) is 0 Å². The molecule has 1 heterocycles. The summed E-state index contributed by atoms with van der Waals surface area (Å²) >= 11 is 11.6. The van der Waals surface area contributed by atoms with E-state index >= 15 is 0 Å². The average molecular weight is 336 g/mol. The molecule has 106 valence electrons. The summed E-state index contributed by atoms with van der Waals surface area (Å²) in [6.45, 7) is 0. The molecule has 0 amide bonds. The van der Waals surface area contributed by atoms with Gasteiger partial charge in [-0.15, -0.1) is 0 Å². The van der Waals surface area contributed by atoms with Gasteiger partial charge in [-0.2, -0.15) is 0 Å². The van der Waals surface area contributed by atoms with Gasteiger partial charge in [0.2, 0.25) is 10.0 Å². The summed E-state index contributed by atoms with van der Waals surface area (Å²) < 4.78 is 28.3. The van der Waals surface area contributed by atoms with E-state index in [1.807, 2.05) is 0 Å². The summed E-state index contributed by atoms with van der Waals surface area (Å²) in [4.78, 5) is 10.9. The van der Waals surface area contributed by atoms with Crippen LogP contribution in [-0.2, 0) is 10.0 Å². The van der Waals surface area contributed by atoms with Gasteiger partial charge in [-0.3, -0.25) is 0 Å². The van der Waals surface area contributed by atoms with Crippen LogP contribution in [0.1, 0.15) is 10.4 Å². The van der Waals surface area contributed by atoms with Crippen molar-refractivity contribution in [3.05, 3.63) is 40.1 Å². The van der Waals surface area contributed by atoms with Crippen LogP contribution in [0.5, 0.6) is 0 Å².